The van der Waals surface area contributed by atoms with Crippen molar-refractivity contribution in [1.29, 1.82) is 0 Å². The first-order chi connectivity index (χ1) is 7.84. The lowest BCUT2D eigenvalue weighted by atomic mass is 9.93. The van der Waals surface area contributed by atoms with Gasteiger partial charge < -0.3 is 11.1 Å². The molecule has 1 rings (SSSR count). The van der Waals surface area contributed by atoms with Gasteiger partial charge in [-0.3, -0.25) is 9.78 Å². The van der Waals surface area contributed by atoms with Gasteiger partial charge in [-0.2, -0.15) is 0 Å². The van der Waals surface area contributed by atoms with Crippen LogP contribution in [-0.2, 0) is 0 Å². The molecule has 0 atom stereocenters. The zero-order valence-corrected chi connectivity index (χ0v) is 10.5. The van der Waals surface area contributed by atoms with Gasteiger partial charge in [-0.05, 0) is 6.07 Å². The summed E-state index contributed by atoms with van der Waals surface area (Å²) in [5.41, 5.74) is 4.97. The van der Waals surface area contributed by atoms with Gasteiger partial charge in [0.05, 0.1) is 16.7 Å². The lowest BCUT2D eigenvalue weighted by molar-refractivity contribution is 0.0941. The molecule has 0 aromatic carbocycles. The second kappa shape index (κ2) is 5.18. The van der Waals surface area contributed by atoms with Crippen LogP contribution in [0.1, 0.15) is 24.2 Å². The maximum absolute atomic E-state index is 13.2. The Morgan fingerprint density at radius 2 is 2.29 bits per heavy atom. The molecule has 1 amide bonds. The van der Waals surface area contributed by atoms with Crippen LogP contribution in [0.15, 0.2) is 18.5 Å². The van der Waals surface area contributed by atoms with Gasteiger partial charge in [0.2, 0.25) is 0 Å². The molecule has 0 spiro atoms. The molecule has 92 valence electrons. The Balaban J connectivity index is 2.69. The van der Waals surface area contributed by atoms with Crippen LogP contribution in [0.4, 0.5) is 4.39 Å². The lowest BCUT2D eigenvalue weighted by Crippen LogP contribution is -2.41. The molecule has 1 aromatic heterocycles. The maximum Gasteiger partial charge on any atom is 0.254 e. The van der Waals surface area contributed by atoms with Crippen LogP contribution < -0.4 is 11.1 Å². The van der Waals surface area contributed by atoms with Gasteiger partial charge in [-0.25, -0.2) is 4.39 Å². The summed E-state index contributed by atoms with van der Waals surface area (Å²) in [4.78, 5) is 15.5. The average molecular weight is 255 g/mol. The predicted octanol–water partition coefficient (Wildman–Crippen LogP) is 1.26. The van der Waals surface area contributed by atoms with E-state index in [4.69, 9.17) is 18.0 Å². The minimum Gasteiger partial charge on any atom is -0.393 e. The van der Waals surface area contributed by atoms with Crippen molar-refractivity contribution in [2.24, 2.45) is 11.1 Å². The van der Waals surface area contributed by atoms with Crippen molar-refractivity contribution in [3.8, 4) is 0 Å². The Morgan fingerprint density at radius 3 is 2.82 bits per heavy atom. The number of aromatic nitrogens is 1. The number of thiocarbonyl (C=S) groups is 1. The van der Waals surface area contributed by atoms with Gasteiger partial charge in [0, 0.05) is 18.2 Å². The van der Waals surface area contributed by atoms with E-state index in [1.807, 2.05) is 0 Å². The summed E-state index contributed by atoms with van der Waals surface area (Å²) in [5.74, 6) is -1.16. The van der Waals surface area contributed by atoms with Crippen molar-refractivity contribution >= 4 is 23.1 Å². The zero-order chi connectivity index (χ0) is 13.1. The third-order valence-electron chi connectivity index (χ3n) is 2.37. The monoisotopic (exact) mass is 255 g/mol. The molecule has 0 unspecified atom stereocenters. The molecule has 0 saturated carbocycles. The molecule has 0 radical (unpaired) electrons. The molecule has 0 aliphatic heterocycles. The number of amides is 1. The van der Waals surface area contributed by atoms with Gasteiger partial charge in [0.25, 0.3) is 5.91 Å². The zero-order valence-electron chi connectivity index (χ0n) is 9.66. The first kappa shape index (κ1) is 13.5. The van der Waals surface area contributed by atoms with E-state index in [9.17, 15) is 9.18 Å². The van der Waals surface area contributed by atoms with Crippen molar-refractivity contribution in [2.75, 3.05) is 6.54 Å². The number of nitrogens with two attached hydrogens (primary N) is 1. The van der Waals surface area contributed by atoms with Crippen LogP contribution in [0.25, 0.3) is 0 Å². The van der Waals surface area contributed by atoms with Crippen LogP contribution in [0.5, 0.6) is 0 Å². The normalized spacial score (nSPS) is 11.0. The summed E-state index contributed by atoms with van der Waals surface area (Å²) >= 11 is 4.87. The fourth-order valence-corrected chi connectivity index (χ4v) is 1.12. The number of nitrogens with one attached hydrogen (secondary N) is 1. The van der Waals surface area contributed by atoms with Crippen molar-refractivity contribution in [3.05, 3.63) is 29.8 Å². The third kappa shape index (κ3) is 3.45. The Bertz CT molecular complexity index is 448. The second-order valence-corrected chi connectivity index (χ2v) is 4.73. The van der Waals surface area contributed by atoms with Crippen LogP contribution in [0.2, 0.25) is 0 Å². The van der Waals surface area contributed by atoms with Crippen LogP contribution >= 0.6 is 12.2 Å². The van der Waals surface area contributed by atoms with Crippen LogP contribution in [0, 0.1) is 11.2 Å². The molecule has 4 nitrogen and oxygen atoms in total. The van der Waals surface area contributed by atoms with Gasteiger partial charge in [-0.15, -0.1) is 0 Å². The summed E-state index contributed by atoms with van der Waals surface area (Å²) in [6.07, 6.45) is 2.35. The van der Waals surface area contributed by atoms with Gasteiger partial charge in [0.1, 0.15) is 0 Å². The average Bonchev–Trinajstić information content (AvgIpc) is 2.26. The highest BCUT2D eigenvalue weighted by molar-refractivity contribution is 7.80. The van der Waals surface area contributed by atoms with E-state index in [2.05, 4.69) is 10.3 Å². The van der Waals surface area contributed by atoms with Gasteiger partial charge in [0.15, 0.2) is 5.82 Å². The SMILES string of the molecule is CC(C)(CNC(=O)c1ccncc1F)C(N)=S. The number of carbonyl (C=O) groups excluding carboxylic acids is 1. The van der Waals surface area contributed by atoms with E-state index in [0.29, 0.717) is 4.99 Å². The summed E-state index contributed by atoms with van der Waals surface area (Å²) in [6, 6.07) is 1.32. The van der Waals surface area contributed by atoms with E-state index in [1.54, 1.807) is 13.8 Å². The van der Waals surface area contributed by atoms with Crippen molar-refractivity contribution < 1.29 is 9.18 Å². The van der Waals surface area contributed by atoms with Crippen molar-refractivity contribution in [3.63, 3.8) is 0 Å². The molecule has 1 aromatic rings. The number of halogens is 1. The first-order valence-electron chi connectivity index (χ1n) is 5.02. The molecule has 3 N–H and O–H groups in total. The highest BCUT2D eigenvalue weighted by atomic mass is 32.1. The van der Waals surface area contributed by atoms with Crippen molar-refractivity contribution in [2.45, 2.75) is 13.8 Å². The Kier molecular flexibility index (Phi) is 4.11. The highest BCUT2D eigenvalue weighted by Crippen LogP contribution is 2.14. The number of carbonyl (C=O) groups is 1. The fraction of sp³-hybridized carbons (Fsp3) is 0.364. The quantitative estimate of drug-likeness (QED) is 0.795. The third-order valence-corrected chi connectivity index (χ3v) is 2.93. The Labute approximate surface area is 104 Å². The summed E-state index contributed by atoms with van der Waals surface area (Å²) in [5, 5.41) is 2.59. The predicted molar refractivity (Wildman–Crippen MR) is 67.1 cm³/mol. The molecule has 0 aliphatic carbocycles. The van der Waals surface area contributed by atoms with E-state index < -0.39 is 17.1 Å². The first-order valence-corrected chi connectivity index (χ1v) is 5.43. The van der Waals surface area contributed by atoms with Crippen LogP contribution in [0.3, 0.4) is 0 Å². The number of pyridine rings is 1. The van der Waals surface area contributed by atoms with Crippen LogP contribution in [-0.4, -0.2) is 22.4 Å². The van der Waals surface area contributed by atoms with Crippen molar-refractivity contribution in [1.82, 2.24) is 10.3 Å². The molecule has 6 heteroatoms. The van der Waals surface area contributed by atoms with E-state index in [0.717, 1.165) is 6.20 Å². The summed E-state index contributed by atoms with van der Waals surface area (Å²) in [6.45, 7) is 3.86. The smallest absolute Gasteiger partial charge is 0.254 e. The second-order valence-electron chi connectivity index (χ2n) is 4.29. The number of nitrogens with zero attached hydrogens (tertiary/aromatic N) is 1. The van der Waals surface area contributed by atoms with E-state index in [-0.39, 0.29) is 12.1 Å². The molecular formula is C11H14FN3OS. The molecular weight excluding hydrogens is 241 g/mol. The Hall–Kier alpha value is -1.56. The van der Waals surface area contributed by atoms with E-state index in [1.165, 1.54) is 12.3 Å². The molecule has 0 saturated heterocycles. The number of hydrogen-bond donors (Lipinski definition) is 2. The van der Waals surface area contributed by atoms with Gasteiger partial charge >= 0.3 is 0 Å². The molecule has 0 bridgehead atoms. The molecule has 1 heterocycles. The fourth-order valence-electron chi connectivity index (χ4n) is 1.04. The lowest BCUT2D eigenvalue weighted by Gasteiger charge is -2.23. The highest BCUT2D eigenvalue weighted by Gasteiger charge is 2.23. The number of hydrogen-bond acceptors (Lipinski definition) is 3. The Morgan fingerprint density at radius 1 is 1.65 bits per heavy atom. The maximum atomic E-state index is 13.2. The standard InChI is InChI=1S/C11H14FN3OS/c1-11(2,10(13)17)6-15-9(16)7-3-4-14-5-8(7)12/h3-5H,6H2,1-2H3,(H2,13,17)(H,15,16). The summed E-state index contributed by atoms with van der Waals surface area (Å²) < 4.78 is 13.2. The van der Waals surface area contributed by atoms with Gasteiger partial charge in [-0.1, -0.05) is 26.1 Å². The minimum atomic E-state index is -0.655. The largest absolute Gasteiger partial charge is 0.393 e. The minimum absolute atomic E-state index is 0.0428. The summed E-state index contributed by atoms with van der Waals surface area (Å²) in [7, 11) is 0. The number of rotatable bonds is 4. The van der Waals surface area contributed by atoms with E-state index >= 15 is 0 Å². The molecule has 0 aliphatic rings. The topological polar surface area (TPSA) is 68.0 Å². The molecule has 17 heavy (non-hydrogen) atoms. The molecule has 0 fully saturated rings.